The van der Waals surface area contributed by atoms with E-state index in [0.717, 1.165) is 32.4 Å². The van der Waals surface area contributed by atoms with Crippen LogP contribution in [-0.2, 0) is 9.59 Å². The fourth-order valence-electron chi connectivity index (χ4n) is 2.85. The van der Waals surface area contributed by atoms with Gasteiger partial charge in [-0.1, -0.05) is 6.92 Å². The number of carbonyl (C=O) groups is 2. The maximum Gasteiger partial charge on any atom is 0.329 e. The largest absolute Gasteiger partial charge is 0.480 e. The number of amides is 1. The van der Waals surface area contributed by atoms with Crippen LogP contribution in [0.15, 0.2) is 0 Å². The quantitative estimate of drug-likeness (QED) is 0.691. The van der Waals surface area contributed by atoms with E-state index in [2.05, 4.69) is 10.6 Å². The number of piperidine rings is 1. The van der Waals surface area contributed by atoms with Crippen molar-refractivity contribution in [2.45, 2.75) is 45.1 Å². The van der Waals surface area contributed by atoms with Gasteiger partial charge in [0.2, 0.25) is 5.91 Å². The monoisotopic (exact) mass is 254 g/mol. The Hall–Kier alpha value is -1.10. The summed E-state index contributed by atoms with van der Waals surface area (Å²) in [5.74, 6) is -1.02. The van der Waals surface area contributed by atoms with Crippen LogP contribution in [0.3, 0.4) is 0 Å². The molecule has 2 fully saturated rings. The molecule has 1 saturated carbocycles. The molecule has 1 saturated heterocycles. The molecule has 0 aromatic rings. The Morgan fingerprint density at radius 3 is 2.56 bits per heavy atom. The normalized spacial score (nSPS) is 28.4. The van der Waals surface area contributed by atoms with E-state index in [-0.39, 0.29) is 17.2 Å². The van der Waals surface area contributed by atoms with Crippen LogP contribution in [0.2, 0.25) is 0 Å². The molecule has 0 radical (unpaired) electrons. The molecule has 18 heavy (non-hydrogen) atoms. The van der Waals surface area contributed by atoms with E-state index in [0.29, 0.717) is 6.42 Å². The molecule has 1 aliphatic heterocycles. The molecule has 1 aliphatic carbocycles. The summed E-state index contributed by atoms with van der Waals surface area (Å²) < 4.78 is 0. The Kier molecular flexibility index (Phi) is 3.36. The molecular formula is C13H22N2O3. The fourth-order valence-corrected chi connectivity index (χ4v) is 2.85. The van der Waals surface area contributed by atoms with Gasteiger partial charge in [-0.2, -0.15) is 0 Å². The summed E-state index contributed by atoms with van der Waals surface area (Å²) in [6.07, 6.45) is 3.37. The highest BCUT2D eigenvalue weighted by Crippen LogP contribution is 2.58. The molecule has 2 aliphatic rings. The lowest BCUT2D eigenvalue weighted by atomic mass is 9.91. The lowest BCUT2D eigenvalue weighted by Gasteiger charge is -2.27. The fraction of sp³-hybridized carbons (Fsp3) is 0.846. The highest BCUT2D eigenvalue weighted by molar-refractivity contribution is 5.89. The van der Waals surface area contributed by atoms with Crippen molar-refractivity contribution < 1.29 is 14.7 Å². The average Bonchev–Trinajstić information content (AvgIpc) is 3.03. The Morgan fingerprint density at radius 1 is 1.44 bits per heavy atom. The first kappa shape index (κ1) is 13.3. The first-order valence-electron chi connectivity index (χ1n) is 6.70. The molecule has 1 heterocycles. The molecular weight excluding hydrogens is 232 g/mol. The van der Waals surface area contributed by atoms with Gasteiger partial charge in [0.1, 0.15) is 5.54 Å². The molecule has 102 valence electrons. The Morgan fingerprint density at radius 2 is 2.06 bits per heavy atom. The molecule has 2 atom stereocenters. The first-order valence-corrected chi connectivity index (χ1v) is 6.70. The summed E-state index contributed by atoms with van der Waals surface area (Å²) in [6.45, 7) is 5.29. The summed E-state index contributed by atoms with van der Waals surface area (Å²) in [5.41, 5.74) is -0.976. The number of carbonyl (C=O) groups excluding carboxylic acids is 1. The lowest BCUT2D eigenvalue weighted by Crippen LogP contribution is -2.52. The van der Waals surface area contributed by atoms with Gasteiger partial charge in [0, 0.05) is 5.92 Å². The number of carboxylic acid groups (broad SMARTS) is 1. The average molecular weight is 254 g/mol. The highest BCUT2D eigenvalue weighted by Gasteiger charge is 2.58. The van der Waals surface area contributed by atoms with E-state index >= 15 is 0 Å². The Bertz CT molecular complexity index is 363. The summed E-state index contributed by atoms with van der Waals surface area (Å²) in [6, 6.07) is 0. The van der Waals surface area contributed by atoms with Crippen molar-refractivity contribution in [3.63, 3.8) is 0 Å². The highest BCUT2D eigenvalue weighted by atomic mass is 16.4. The molecule has 0 aromatic carbocycles. The van der Waals surface area contributed by atoms with Gasteiger partial charge in [-0.15, -0.1) is 0 Å². The van der Waals surface area contributed by atoms with Crippen LogP contribution in [0.1, 0.15) is 39.5 Å². The maximum absolute atomic E-state index is 12.2. The van der Waals surface area contributed by atoms with Gasteiger partial charge in [0.15, 0.2) is 0 Å². The molecule has 5 nitrogen and oxygen atoms in total. The van der Waals surface area contributed by atoms with E-state index in [1.54, 1.807) is 13.8 Å². The van der Waals surface area contributed by atoms with Gasteiger partial charge in [-0.05, 0) is 51.1 Å². The van der Waals surface area contributed by atoms with Crippen LogP contribution >= 0.6 is 0 Å². The van der Waals surface area contributed by atoms with Gasteiger partial charge in [0.05, 0.1) is 0 Å². The molecule has 5 heteroatoms. The van der Waals surface area contributed by atoms with Crippen molar-refractivity contribution in [1.82, 2.24) is 10.6 Å². The zero-order valence-corrected chi connectivity index (χ0v) is 11.1. The molecule has 2 rings (SSSR count). The second kappa shape index (κ2) is 4.53. The zero-order valence-electron chi connectivity index (χ0n) is 11.1. The van der Waals surface area contributed by atoms with Crippen molar-refractivity contribution in [3.8, 4) is 0 Å². The van der Waals surface area contributed by atoms with E-state index in [4.69, 9.17) is 5.11 Å². The van der Waals surface area contributed by atoms with Crippen molar-refractivity contribution in [1.29, 1.82) is 0 Å². The molecule has 3 N–H and O–H groups in total. The summed E-state index contributed by atoms with van der Waals surface area (Å²) in [4.78, 5) is 23.3. The van der Waals surface area contributed by atoms with Crippen molar-refractivity contribution in [2.75, 3.05) is 13.1 Å². The minimum Gasteiger partial charge on any atom is -0.480 e. The number of aliphatic carboxylic acids is 1. The van der Waals surface area contributed by atoms with E-state index in [1.165, 1.54) is 0 Å². The Balaban J connectivity index is 1.96. The standard InChI is InChI=1S/C13H22N2O3/c1-3-12(2,11(17)18)15-10(16)9-8-13(9)4-6-14-7-5-13/h9,14H,3-8H2,1-2H3,(H,15,16)(H,17,18). The summed E-state index contributed by atoms with van der Waals surface area (Å²) in [7, 11) is 0. The van der Waals surface area contributed by atoms with Crippen molar-refractivity contribution in [3.05, 3.63) is 0 Å². The number of rotatable bonds is 4. The second-order valence-electron chi connectivity index (χ2n) is 5.85. The smallest absolute Gasteiger partial charge is 0.329 e. The third kappa shape index (κ3) is 2.23. The predicted octanol–water partition coefficient (Wildman–Crippen LogP) is 0.746. The van der Waals surface area contributed by atoms with Crippen LogP contribution in [-0.4, -0.2) is 35.6 Å². The summed E-state index contributed by atoms with van der Waals surface area (Å²) >= 11 is 0. The topological polar surface area (TPSA) is 78.4 Å². The SMILES string of the molecule is CCC(C)(NC(=O)C1CC12CCNCC2)C(=O)O. The second-order valence-corrected chi connectivity index (χ2v) is 5.85. The third-order valence-corrected chi connectivity index (χ3v) is 4.68. The van der Waals surface area contributed by atoms with Crippen molar-refractivity contribution >= 4 is 11.9 Å². The van der Waals surface area contributed by atoms with E-state index in [1.807, 2.05) is 0 Å². The molecule has 0 aromatic heterocycles. The minimum absolute atomic E-state index is 0.0184. The number of hydrogen-bond acceptors (Lipinski definition) is 3. The number of carboxylic acids is 1. The van der Waals surface area contributed by atoms with Gasteiger partial charge >= 0.3 is 5.97 Å². The van der Waals surface area contributed by atoms with Crippen molar-refractivity contribution in [2.24, 2.45) is 11.3 Å². The van der Waals surface area contributed by atoms with E-state index in [9.17, 15) is 9.59 Å². The number of nitrogens with one attached hydrogen (secondary N) is 2. The summed E-state index contributed by atoms with van der Waals surface area (Å²) in [5, 5.41) is 15.2. The van der Waals surface area contributed by atoms with Crippen LogP contribution in [0.25, 0.3) is 0 Å². The zero-order chi connectivity index (χ0) is 13.4. The van der Waals surface area contributed by atoms with Gasteiger partial charge in [-0.3, -0.25) is 4.79 Å². The van der Waals surface area contributed by atoms with Gasteiger partial charge in [-0.25, -0.2) is 4.79 Å². The van der Waals surface area contributed by atoms with Crippen LogP contribution in [0, 0.1) is 11.3 Å². The van der Waals surface area contributed by atoms with Crippen LogP contribution in [0.4, 0.5) is 0 Å². The van der Waals surface area contributed by atoms with E-state index < -0.39 is 11.5 Å². The first-order chi connectivity index (χ1) is 8.43. The molecule has 0 bridgehead atoms. The van der Waals surface area contributed by atoms with Gasteiger partial charge in [0.25, 0.3) is 0 Å². The predicted molar refractivity (Wildman–Crippen MR) is 67.1 cm³/mol. The Labute approximate surface area is 107 Å². The molecule has 1 amide bonds. The molecule has 1 spiro atoms. The number of hydrogen-bond donors (Lipinski definition) is 3. The maximum atomic E-state index is 12.2. The molecule has 2 unspecified atom stereocenters. The third-order valence-electron chi connectivity index (χ3n) is 4.68. The van der Waals surface area contributed by atoms with Gasteiger partial charge < -0.3 is 15.7 Å². The lowest BCUT2D eigenvalue weighted by molar-refractivity contribution is -0.147. The van der Waals surface area contributed by atoms with Crippen LogP contribution in [0.5, 0.6) is 0 Å². The minimum atomic E-state index is -1.13. The van der Waals surface area contributed by atoms with Crippen LogP contribution < -0.4 is 10.6 Å².